The van der Waals surface area contributed by atoms with Gasteiger partial charge in [-0.3, -0.25) is 0 Å². The van der Waals surface area contributed by atoms with E-state index in [9.17, 15) is 0 Å². The first-order valence-corrected chi connectivity index (χ1v) is 6.86. The van der Waals surface area contributed by atoms with Crippen molar-refractivity contribution in [3.05, 3.63) is 12.3 Å². The molecule has 0 saturated heterocycles. The number of nitrogens with one attached hydrogen (secondary N) is 1. The van der Waals surface area contributed by atoms with Crippen molar-refractivity contribution in [1.82, 2.24) is 9.97 Å². The maximum absolute atomic E-state index is 5.50. The highest BCUT2D eigenvalue weighted by molar-refractivity contribution is 5.28. The van der Waals surface area contributed by atoms with Crippen LogP contribution in [0.5, 0.6) is 5.88 Å². The summed E-state index contributed by atoms with van der Waals surface area (Å²) in [6.45, 7) is 8.32. The lowest BCUT2D eigenvalue weighted by Gasteiger charge is -2.19. The molecule has 1 fully saturated rings. The van der Waals surface area contributed by atoms with E-state index in [-0.39, 0.29) is 0 Å². The zero-order valence-corrected chi connectivity index (χ0v) is 11.6. The molecule has 1 aromatic heterocycles. The second kappa shape index (κ2) is 5.55. The van der Waals surface area contributed by atoms with E-state index < -0.39 is 0 Å². The van der Waals surface area contributed by atoms with Crippen molar-refractivity contribution in [3.8, 4) is 5.88 Å². The zero-order chi connectivity index (χ0) is 13.0. The van der Waals surface area contributed by atoms with E-state index in [2.05, 4.69) is 36.1 Å². The lowest BCUT2D eigenvalue weighted by Crippen LogP contribution is -2.21. The van der Waals surface area contributed by atoms with Gasteiger partial charge in [0.05, 0.1) is 6.61 Å². The zero-order valence-electron chi connectivity index (χ0n) is 11.6. The molecule has 0 spiro atoms. The van der Waals surface area contributed by atoms with Gasteiger partial charge in [0.2, 0.25) is 11.8 Å². The van der Waals surface area contributed by atoms with Gasteiger partial charge >= 0.3 is 0 Å². The molecule has 2 rings (SSSR count). The van der Waals surface area contributed by atoms with Gasteiger partial charge in [0.15, 0.2) is 0 Å². The average molecular weight is 249 g/mol. The van der Waals surface area contributed by atoms with Crippen molar-refractivity contribution in [2.45, 2.75) is 40.0 Å². The normalized spacial score (nSPS) is 16.7. The Balaban J connectivity index is 1.89. The molecule has 100 valence electrons. The van der Waals surface area contributed by atoms with Gasteiger partial charge in [0, 0.05) is 18.8 Å². The molecule has 0 aromatic carbocycles. The number of anilines is 1. The predicted octanol–water partition coefficient (Wildman–Crippen LogP) is 3.11. The van der Waals surface area contributed by atoms with Crippen LogP contribution in [0.4, 0.5) is 5.95 Å². The van der Waals surface area contributed by atoms with Crippen LogP contribution < -0.4 is 10.1 Å². The molecule has 18 heavy (non-hydrogen) atoms. The lowest BCUT2D eigenvalue weighted by atomic mass is 9.92. The van der Waals surface area contributed by atoms with Gasteiger partial charge in [0.1, 0.15) is 0 Å². The molecule has 0 unspecified atom stereocenters. The summed E-state index contributed by atoms with van der Waals surface area (Å²) in [6.07, 6.45) is 5.35. The Morgan fingerprint density at radius 2 is 2.22 bits per heavy atom. The maximum atomic E-state index is 5.50. The van der Waals surface area contributed by atoms with Gasteiger partial charge in [-0.15, -0.1) is 0 Å². The average Bonchev–Trinajstić information content (AvgIpc) is 3.16. The Morgan fingerprint density at radius 3 is 2.83 bits per heavy atom. The van der Waals surface area contributed by atoms with E-state index in [0.717, 1.165) is 13.0 Å². The maximum Gasteiger partial charge on any atom is 0.225 e. The highest BCUT2D eigenvalue weighted by Crippen LogP contribution is 2.51. The van der Waals surface area contributed by atoms with Crippen LogP contribution in [-0.4, -0.2) is 23.1 Å². The number of rotatable bonds is 7. The summed E-state index contributed by atoms with van der Waals surface area (Å²) in [4.78, 5) is 8.59. The highest BCUT2D eigenvalue weighted by Gasteiger charge is 2.45. The molecule has 0 radical (unpaired) electrons. The van der Waals surface area contributed by atoms with Crippen LogP contribution >= 0.6 is 0 Å². The third kappa shape index (κ3) is 3.12. The summed E-state index contributed by atoms with van der Waals surface area (Å²) in [5.74, 6) is 2.05. The van der Waals surface area contributed by atoms with Gasteiger partial charge in [-0.05, 0) is 30.6 Å². The van der Waals surface area contributed by atoms with Crippen molar-refractivity contribution >= 4 is 5.95 Å². The van der Waals surface area contributed by atoms with Crippen LogP contribution in [0.25, 0.3) is 0 Å². The summed E-state index contributed by atoms with van der Waals surface area (Å²) in [5, 5.41) is 3.34. The van der Waals surface area contributed by atoms with Crippen molar-refractivity contribution < 1.29 is 4.74 Å². The summed E-state index contributed by atoms with van der Waals surface area (Å²) >= 11 is 0. The fourth-order valence-electron chi connectivity index (χ4n) is 2.09. The van der Waals surface area contributed by atoms with E-state index in [1.807, 2.05) is 0 Å². The van der Waals surface area contributed by atoms with Crippen molar-refractivity contribution in [2.24, 2.45) is 11.3 Å². The first-order valence-electron chi connectivity index (χ1n) is 6.86. The Hall–Kier alpha value is -1.32. The topological polar surface area (TPSA) is 47.0 Å². The largest absolute Gasteiger partial charge is 0.478 e. The van der Waals surface area contributed by atoms with Gasteiger partial charge in [0.25, 0.3) is 0 Å². The standard InChI is InChI=1S/C14H23N3O/c1-4-9-18-12-5-8-15-13(17-12)16-10-14(6-7-14)11(2)3/h5,8,11H,4,6-7,9-10H2,1-3H3,(H,15,16,17). The monoisotopic (exact) mass is 249 g/mol. The fraction of sp³-hybridized carbons (Fsp3) is 0.714. The minimum Gasteiger partial charge on any atom is -0.478 e. The SMILES string of the molecule is CCCOc1ccnc(NCC2(C(C)C)CC2)n1. The van der Waals surface area contributed by atoms with E-state index in [4.69, 9.17) is 4.74 Å². The minimum atomic E-state index is 0.462. The predicted molar refractivity (Wildman–Crippen MR) is 72.8 cm³/mol. The highest BCUT2D eigenvalue weighted by atomic mass is 16.5. The number of aromatic nitrogens is 2. The summed E-state index contributed by atoms with van der Waals surface area (Å²) in [7, 11) is 0. The Morgan fingerprint density at radius 1 is 1.44 bits per heavy atom. The summed E-state index contributed by atoms with van der Waals surface area (Å²) in [5.41, 5.74) is 0.462. The molecular weight excluding hydrogens is 226 g/mol. The number of hydrogen-bond donors (Lipinski definition) is 1. The van der Waals surface area contributed by atoms with Crippen LogP contribution in [0.15, 0.2) is 12.3 Å². The van der Waals surface area contributed by atoms with Gasteiger partial charge < -0.3 is 10.1 Å². The third-order valence-corrected chi connectivity index (χ3v) is 3.80. The van der Waals surface area contributed by atoms with Gasteiger partial charge in [-0.25, -0.2) is 4.98 Å². The number of nitrogens with zero attached hydrogens (tertiary/aromatic N) is 2. The quantitative estimate of drug-likeness (QED) is 0.806. The molecule has 1 N–H and O–H groups in total. The Bertz CT molecular complexity index is 388. The van der Waals surface area contributed by atoms with E-state index in [1.54, 1.807) is 12.3 Å². The molecule has 0 amide bonds. The number of ether oxygens (including phenoxy) is 1. The second-order valence-electron chi connectivity index (χ2n) is 5.44. The van der Waals surface area contributed by atoms with Gasteiger partial charge in [-0.2, -0.15) is 4.98 Å². The van der Waals surface area contributed by atoms with Crippen LogP contribution in [0.2, 0.25) is 0 Å². The molecular formula is C14H23N3O. The Labute approximate surface area is 109 Å². The van der Waals surface area contributed by atoms with Crippen LogP contribution in [0.3, 0.4) is 0 Å². The molecule has 4 nitrogen and oxygen atoms in total. The van der Waals surface area contributed by atoms with Crippen molar-refractivity contribution in [2.75, 3.05) is 18.5 Å². The van der Waals surface area contributed by atoms with Gasteiger partial charge in [-0.1, -0.05) is 20.8 Å². The molecule has 0 aliphatic heterocycles. The van der Waals surface area contributed by atoms with Crippen molar-refractivity contribution in [3.63, 3.8) is 0 Å². The molecule has 0 bridgehead atoms. The first-order chi connectivity index (χ1) is 8.66. The first kappa shape index (κ1) is 13.1. The Kier molecular flexibility index (Phi) is 4.04. The molecule has 1 aliphatic rings. The smallest absolute Gasteiger partial charge is 0.225 e. The lowest BCUT2D eigenvalue weighted by molar-refractivity contribution is 0.305. The van der Waals surface area contributed by atoms with E-state index in [0.29, 0.717) is 29.8 Å². The van der Waals surface area contributed by atoms with Crippen LogP contribution in [0.1, 0.15) is 40.0 Å². The van der Waals surface area contributed by atoms with Crippen LogP contribution in [-0.2, 0) is 0 Å². The fourth-order valence-corrected chi connectivity index (χ4v) is 2.09. The van der Waals surface area contributed by atoms with E-state index in [1.165, 1.54) is 12.8 Å². The molecule has 4 heteroatoms. The van der Waals surface area contributed by atoms with Crippen molar-refractivity contribution in [1.29, 1.82) is 0 Å². The van der Waals surface area contributed by atoms with E-state index >= 15 is 0 Å². The molecule has 1 aliphatic carbocycles. The minimum absolute atomic E-state index is 0.462. The summed E-state index contributed by atoms with van der Waals surface area (Å²) in [6, 6.07) is 1.80. The van der Waals surface area contributed by atoms with Crippen LogP contribution in [0, 0.1) is 11.3 Å². The second-order valence-corrected chi connectivity index (χ2v) is 5.44. The molecule has 1 saturated carbocycles. The summed E-state index contributed by atoms with van der Waals surface area (Å²) < 4.78 is 5.50. The molecule has 0 atom stereocenters. The number of hydrogen-bond acceptors (Lipinski definition) is 4. The third-order valence-electron chi connectivity index (χ3n) is 3.80. The molecule has 1 aromatic rings. The molecule has 1 heterocycles.